The molecule has 1 aromatic heterocycles. The van der Waals surface area contributed by atoms with E-state index in [9.17, 15) is 14.0 Å². The van der Waals surface area contributed by atoms with Gasteiger partial charge in [-0.25, -0.2) is 9.37 Å². The number of benzene rings is 1. The van der Waals surface area contributed by atoms with Gasteiger partial charge >= 0.3 is 0 Å². The first-order valence-corrected chi connectivity index (χ1v) is 9.32. The standard InChI is InChI=1S/C17H18FN5O2S/c18-12-3-1-2-11(8-12)13(22-6-4-10(5-7-22)15(19)24)14-16(25)23-17(26-14)20-9-21-23/h1-3,8-10,13-14H,4-7H2,(H2,19,24). The Balaban J connectivity index is 1.64. The summed E-state index contributed by atoms with van der Waals surface area (Å²) in [4.78, 5) is 30.5. The third-order valence-electron chi connectivity index (χ3n) is 5.00. The van der Waals surface area contributed by atoms with Crippen LogP contribution in [0.25, 0.3) is 0 Å². The van der Waals surface area contributed by atoms with Gasteiger partial charge in [-0.05, 0) is 43.6 Å². The summed E-state index contributed by atoms with van der Waals surface area (Å²) in [6.07, 6.45) is 2.62. The Morgan fingerprint density at radius 2 is 2.12 bits per heavy atom. The van der Waals surface area contributed by atoms with Crippen molar-refractivity contribution < 1.29 is 14.0 Å². The summed E-state index contributed by atoms with van der Waals surface area (Å²) >= 11 is 1.34. The van der Waals surface area contributed by atoms with Crippen molar-refractivity contribution >= 4 is 23.6 Å². The third-order valence-corrected chi connectivity index (χ3v) is 6.21. The van der Waals surface area contributed by atoms with E-state index in [0.717, 1.165) is 5.56 Å². The van der Waals surface area contributed by atoms with Crippen LogP contribution in [0.2, 0.25) is 0 Å². The number of halogens is 1. The van der Waals surface area contributed by atoms with Crippen molar-refractivity contribution in [1.82, 2.24) is 19.7 Å². The first-order chi connectivity index (χ1) is 12.5. The maximum absolute atomic E-state index is 13.8. The van der Waals surface area contributed by atoms with E-state index in [-0.39, 0.29) is 29.6 Å². The number of thioether (sulfide) groups is 1. The molecule has 2 unspecified atom stereocenters. The van der Waals surface area contributed by atoms with Crippen LogP contribution in [0.1, 0.15) is 29.2 Å². The number of amides is 1. The number of nitrogens with zero attached hydrogens (tertiary/aromatic N) is 4. The van der Waals surface area contributed by atoms with Crippen molar-refractivity contribution in [3.63, 3.8) is 0 Å². The normalized spacial score (nSPS) is 22.3. The minimum atomic E-state index is -0.460. The van der Waals surface area contributed by atoms with Gasteiger partial charge in [-0.3, -0.25) is 14.5 Å². The van der Waals surface area contributed by atoms with Crippen LogP contribution in [0.3, 0.4) is 0 Å². The number of piperidine rings is 1. The zero-order chi connectivity index (χ0) is 18.3. The molecule has 0 radical (unpaired) electrons. The molecule has 1 fully saturated rings. The Bertz CT molecular complexity index is 849. The van der Waals surface area contributed by atoms with Gasteiger partial charge < -0.3 is 5.73 Å². The smallest absolute Gasteiger partial charge is 0.264 e. The van der Waals surface area contributed by atoms with Crippen LogP contribution in [0.4, 0.5) is 4.39 Å². The molecule has 26 heavy (non-hydrogen) atoms. The SMILES string of the molecule is NC(=O)C1CCN(C(c2cccc(F)c2)C2Sc3ncnn3C2=O)CC1. The minimum absolute atomic E-state index is 0.150. The number of hydrogen-bond donors (Lipinski definition) is 1. The molecule has 2 atom stereocenters. The summed E-state index contributed by atoms with van der Waals surface area (Å²) in [7, 11) is 0. The molecule has 0 aliphatic carbocycles. The van der Waals surface area contributed by atoms with Crippen molar-refractivity contribution in [2.24, 2.45) is 11.7 Å². The number of likely N-dealkylation sites (tertiary alicyclic amines) is 1. The predicted octanol–water partition coefficient (Wildman–Crippen LogP) is 1.47. The summed E-state index contributed by atoms with van der Waals surface area (Å²) in [6, 6.07) is 6.01. The van der Waals surface area contributed by atoms with Crippen LogP contribution < -0.4 is 5.73 Å². The summed E-state index contributed by atoms with van der Waals surface area (Å²) in [5.41, 5.74) is 6.16. The Morgan fingerprint density at radius 3 is 2.77 bits per heavy atom. The summed E-state index contributed by atoms with van der Waals surface area (Å²) in [5.74, 6) is -0.939. The topological polar surface area (TPSA) is 94.1 Å². The molecule has 2 N–H and O–H groups in total. The average molecular weight is 375 g/mol. The molecule has 1 saturated heterocycles. The van der Waals surface area contributed by atoms with Gasteiger partial charge in [0.05, 0.1) is 6.04 Å². The highest BCUT2D eigenvalue weighted by atomic mass is 32.2. The van der Waals surface area contributed by atoms with Gasteiger partial charge in [0.15, 0.2) is 5.16 Å². The number of carbonyl (C=O) groups excluding carboxylic acids is 2. The highest BCUT2D eigenvalue weighted by Crippen LogP contribution is 2.41. The van der Waals surface area contributed by atoms with Crippen LogP contribution >= 0.6 is 11.8 Å². The molecular formula is C17H18FN5O2S. The van der Waals surface area contributed by atoms with Crippen molar-refractivity contribution in [2.75, 3.05) is 13.1 Å². The van der Waals surface area contributed by atoms with Gasteiger partial charge in [-0.2, -0.15) is 9.78 Å². The maximum Gasteiger partial charge on any atom is 0.264 e. The van der Waals surface area contributed by atoms with Crippen LogP contribution in [0.5, 0.6) is 0 Å². The molecule has 1 aromatic carbocycles. The summed E-state index contributed by atoms with van der Waals surface area (Å²) in [6.45, 7) is 1.24. The Kier molecular flexibility index (Phi) is 4.49. The second kappa shape index (κ2) is 6.81. The predicted molar refractivity (Wildman–Crippen MR) is 92.9 cm³/mol. The number of fused-ring (bicyclic) bond motifs is 1. The molecule has 3 heterocycles. The van der Waals surface area contributed by atoms with E-state index in [1.807, 2.05) is 6.07 Å². The number of aromatic nitrogens is 3. The molecule has 0 bridgehead atoms. The molecule has 9 heteroatoms. The summed E-state index contributed by atoms with van der Waals surface area (Å²) in [5, 5.41) is 4.07. The first kappa shape index (κ1) is 17.2. The number of primary amides is 1. The van der Waals surface area contributed by atoms with Crippen molar-refractivity contribution in [3.8, 4) is 0 Å². The minimum Gasteiger partial charge on any atom is -0.369 e. The zero-order valence-corrected chi connectivity index (χ0v) is 14.7. The maximum atomic E-state index is 13.8. The zero-order valence-electron chi connectivity index (χ0n) is 13.9. The largest absolute Gasteiger partial charge is 0.369 e. The highest BCUT2D eigenvalue weighted by molar-refractivity contribution is 8.00. The molecule has 0 saturated carbocycles. The first-order valence-electron chi connectivity index (χ1n) is 8.44. The van der Waals surface area contributed by atoms with Crippen LogP contribution in [0.15, 0.2) is 35.7 Å². The fourth-order valence-electron chi connectivity index (χ4n) is 3.68. The number of carbonyl (C=O) groups is 2. The second-order valence-electron chi connectivity index (χ2n) is 6.54. The Labute approximate surface area is 153 Å². The molecule has 1 amide bonds. The fraction of sp³-hybridized carbons (Fsp3) is 0.412. The van der Waals surface area contributed by atoms with E-state index < -0.39 is 5.25 Å². The quantitative estimate of drug-likeness (QED) is 0.870. The van der Waals surface area contributed by atoms with E-state index >= 15 is 0 Å². The number of hydrogen-bond acceptors (Lipinski definition) is 6. The lowest BCUT2D eigenvalue weighted by atomic mass is 9.92. The lowest BCUT2D eigenvalue weighted by Gasteiger charge is -2.38. The van der Waals surface area contributed by atoms with Crippen molar-refractivity contribution in [2.45, 2.75) is 29.3 Å². The second-order valence-corrected chi connectivity index (χ2v) is 7.65. The lowest BCUT2D eigenvalue weighted by molar-refractivity contribution is -0.123. The van der Waals surface area contributed by atoms with Crippen molar-refractivity contribution in [3.05, 3.63) is 42.0 Å². The van der Waals surface area contributed by atoms with Crippen LogP contribution in [-0.2, 0) is 4.79 Å². The fourth-order valence-corrected chi connectivity index (χ4v) is 4.91. The molecule has 136 valence electrons. The van der Waals surface area contributed by atoms with Gasteiger partial charge in [0, 0.05) is 5.92 Å². The molecular weight excluding hydrogens is 357 g/mol. The third kappa shape index (κ3) is 3.01. The molecule has 7 nitrogen and oxygen atoms in total. The van der Waals surface area contributed by atoms with E-state index in [1.165, 1.54) is 34.9 Å². The molecule has 4 rings (SSSR count). The van der Waals surface area contributed by atoms with Gasteiger partial charge in [-0.15, -0.1) is 0 Å². The monoisotopic (exact) mass is 375 g/mol. The van der Waals surface area contributed by atoms with E-state index in [0.29, 0.717) is 31.1 Å². The Hall–Kier alpha value is -2.26. The summed E-state index contributed by atoms with van der Waals surface area (Å²) < 4.78 is 15.2. The van der Waals surface area contributed by atoms with Crippen molar-refractivity contribution in [1.29, 1.82) is 0 Å². The van der Waals surface area contributed by atoms with Gasteiger partial charge in [0.1, 0.15) is 17.4 Å². The lowest BCUT2D eigenvalue weighted by Crippen LogP contribution is -2.45. The average Bonchev–Trinajstić information content (AvgIpc) is 3.20. The Morgan fingerprint density at radius 1 is 1.35 bits per heavy atom. The van der Waals surface area contributed by atoms with Gasteiger partial charge in [-0.1, -0.05) is 23.9 Å². The van der Waals surface area contributed by atoms with E-state index in [2.05, 4.69) is 15.0 Å². The van der Waals surface area contributed by atoms with E-state index in [4.69, 9.17) is 5.73 Å². The number of rotatable bonds is 4. The molecule has 2 aliphatic rings. The molecule has 0 spiro atoms. The van der Waals surface area contributed by atoms with Gasteiger partial charge in [0.25, 0.3) is 5.91 Å². The van der Waals surface area contributed by atoms with Crippen LogP contribution in [-0.4, -0.2) is 49.8 Å². The van der Waals surface area contributed by atoms with E-state index in [1.54, 1.807) is 6.07 Å². The van der Waals surface area contributed by atoms with Crippen LogP contribution in [0, 0.1) is 11.7 Å². The molecule has 2 aliphatic heterocycles. The molecule has 2 aromatic rings. The number of nitrogens with two attached hydrogens (primary N) is 1. The highest BCUT2D eigenvalue weighted by Gasteiger charge is 2.43. The van der Waals surface area contributed by atoms with Gasteiger partial charge in [0.2, 0.25) is 5.91 Å².